The summed E-state index contributed by atoms with van der Waals surface area (Å²) in [6, 6.07) is 0. The van der Waals surface area contributed by atoms with Crippen molar-refractivity contribution in [2.24, 2.45) is 4.99 Å². The first-order chi connectivity index (χ1) is 12.0. The van der Waals surface area contributed by atoms with Crippen LogP contribution in [-0.2, 0) is 19.1 Å². The molecule has 0 aromatic carbocycles. The van der Waals surface area contributed by atoms with E-state index < -0.39 is 11.9 Å². The lowest BCUT2D eigenvalue weighted by Gasteiger charge is -2.10. The highest BCUT2D eigenvalue weighted by atomic mass is 32.1. The highest BCUT2D eigenvalue weighted by molar-refractivity contribution is 7.09. The average molecular weight is 374 g/mol. The van der Waals surface area contributed by atoms with Gasteiger partial charge in [-0.3, -0.25) is 4.99 Å². The van der Waals surface area contributed by atoms with Gasteiger partial charge in [0.25, 0.3) is 0 Å². The minimum atomic E-state index is -4.38. The normalized spacial score (nSPS) is 12.4. The number of guanidine groups is 1. The van der Waals surface area contributed by atoms with Crippen LogP contribution in [0.25, 0.3) is 0 Å². The van der Waals surface area contributed by atoms with Gasteiger partial charge in [0.1, 0.15) is 0 Å². The van der Waals surface area contributed by atoms with Gasteiger partial charge in [0.05, 0.1) is 11.3 Å². The largest absolute Gasteiger partial charge is 0.434 e. The first kappa shape index (κ1) is 19.2. The predicted octanol–water partition coefficient (Wildman–Crippen LogP) is 2.55. The van der Waals surface area contributed by atoms with Crippen LogP contribution in [0.3, 0.4) is 0 Å². The number of nitrogens with zero attached hydrogens (tertiary/aromatic N) is 4. The van der Waals surface area contributed by atoms with E-state index in [1.165, 1.54) is 0 Å². The lowest BCUT2D eigenvalue weighted by atomic mass is 10.4. The smallest absolute Gasteiger partial charge is 0.357 e. The molecule has 25 heavy (non-hydrogen) atoms. The molecule has 2 aromatic heterocycles. The highest BCUT2D eigenvalue weighted by Crippen LogP contribution is 2.29. The van der Waals surface area contributed by atoms with E-state index in [0.29, 0.717) is 37.0 Å². The highest BCUT2D eigenvalue weighted by Gasteiger charge is 2.33. The maximum absolute atomic E-state index is 12.5. The zero-order valence-corrected chi connectivity index (χ0v) is 14.7. The molecule has 0 saturated heterocycles. The summed E-state index contributed by atoms with van der Waals surface area (Å²) in [6.45, 7) is 4.62. The summed E-state index contributed by atoms with van der Waals surface area (Å²) in [5.41, 5.74) is -0.826. The first-order valence-corrected chi connectivity index (χ1v) is 8.86. The fourth-order valence-corrected chi connectivity index (χ4v) is 2.85. The SMILES string of the molecule is CCNC(=NCCCn1ccnc1)NCCc1nc(C(F)(F)F)cs1. The lowest BCUT2D eigenvalue weighted by Crippen LogP contribution is -2.38. The quantitative estimate of drug-likeness (QED) is 0.423. The van der Waals surface area contributed by atoms with E-state index in [1.54, 1.807) is 12.5 Å². The molecule has 0 spiro atoms. The van der Waals surface area contributed by atoms with Gasteiger partial charge in [-0.05, 0) is 13.3 Å². The van der Waals surface area contributed by atoms with Crippen molar-refractivity contribution in [1.29, 1.82) is 0 Å². The third-order valence-corrected chi connectivity index (χ3v) is 4.13. The topological polar surface area (TPSA) is 67.1 Å². The van der Waals surface area contributed by atoms with E-state index >= 15 is 0 Å². The van der Waals surface area contributed by atoms with Crippen molar-refractivity contribution < 1.29 is 13.2 Å². The number of halogens is 3. The number of hydrogen-bond donors (Lipinski definition) is 2. The molecule has 2 aromatic rings. The van der Waals surface area contributed by atoms with Gasteiger partial charge in [-0.1, -0.05) is 0 Å². The number of thiazole rings is 1. The van der Waals surface area contributed by atoms with Crippen molar-refractivity contribution in [1.82, 2.24) is 25.2 Å². The molecular formula is C15H21F3N6S. The molecule has 0 atom stereocenters. The summed E-state index contributed by atoms with van der Waals surface area (Å²) in [6.07, 6.45) is 2.30. The molecule has 0 fully saturated rings. The van der Waals surface area contributed by atoms with Crippen LogP contribution in [0.1, 0.15) is 24.0 Å². The summed E-state index contributed by atoms with van der Waals surface area (Å²) >= 11 is 1.02. The Hall–Kier alpha value is -2.10. The molecule has 0 amide bonds. The molecule has 0 unspecified atom stereocenters. The number of alkyl halides is 3. The van der Waals surface area contributed by atoms with Crippen LogP contribution < -0.4 is 10.6 Å². The number of aliphatic imine (C=N–C) groups is 1. The molecule has 0 saturated carbocycles. The van der Waals surface area contributed by atoms with Crippen LogP contribution in [0, 0.1) is 0 Å². The van der Waals surface area contributed by atoms with Gasteiger partial charge in [0.15, 0.2) is 11.7 Å². The Balaban J connectivity index is 1.74. The predicted molar refractivity (Wildman–Crippen MR) is 91.6 cm³/mol. The molecular weight excluding hydrogens is 353 g/mol. The molecule has 2 rings (SSSR count). The molecule has 0 bridgehead atoms. The van der Waals surface area contributed by atoms with E-state index in [0.717, 1.165) is 29.7 Å². The monoisotopic (exact) mass is 374 g/mol. The van der Waals surface area contributed by atoms with Crippen LogP contribution in [0.5, 0.6) is 0 Å². The number of aryl methyl sites for hydroxylation is 1. The average Bonchev–Trinajstić information content (AvgIpc) is 3.22. The molecule has 138 valence electrons. The molecule has 0 radical (unpaired) electrons. The second-order valence-corrected chi connectivity index (χ2v) is 6.16. The summed E-state index contributed by atoms with van der Waals surface area (Å²) in [7, 11) is 0. The van der Waals surface area contributed by atoms with Crippen molar-refractivity contribution in [2.75, 3.05) is 19.6 Å². The second kappa shape index (κ2) is 9.40. The molecule has 6 nitrogen and oxygen atoms in total. The third kappa shape index (κ3) is 6.73. The van der Waals surface area contributed by atoms with Crippen molar-refractivity contribution in [3.63, 3.8) is 0 Å². The zero-order valence-electron chi connectivity index (χ0n) is 13.9. The van der Waals surface area contributed by atoms with Crippen LogP contribution >= 0.6 is 11.3 Å². The van der Waals surface area contributed by atoms with Gasteiger partial charge in [-0.2, -0.15) is 13.2 Å². The van der Waals surface area contributed by atoms with Gasteiger partial charge in [-0.25, -0.2) is 9.97 Å². The summed E-state index contributed by atoms with van der Waals surface area (Å²) < 4.78 is 39.5. The fourth-order valence-electron chi connectivity index (χ4n) is 2.05. The number of rotatable bonds is 8. The summed E-state index contributed by atoms with van der Waals surface area (Å²) in [5, 5.41) is 7.73. The number of aromatic nitrogens is 3. The van der Waals surface area contributed by atoms with Crippen molar-refractivity contribution in [2.45, 2.75) is 32.5 Å². The third-order valence-electron chi connectivity index (χ3n) is 3.22. The molecule has 2 N–H and O–H groups in total. The van der Waals surface area contributed by atoms with Crippen LogP contribution in [0.4, 0.5) is 13.2 Å². The maximum atomic E-state index is 12.5. The molecule has 0 aliphatic carbocycles. The van der Waals surface area contributed by atoms with Gasteiger partial charge in [0, 0.05) is 50.4 Å². The minimum absolute atomic E-state index is 0.417. The van der Waals surface area contributed by atoms with E-state index in [-0.39, 0.29) is 0 Å². The fraction of sp³-hybridized carbons (Fsp3) is 0.533. The zero-order chi connectivity index (χ0) is 18.1. The summed E-state index contributed by atoms with van der Waals surface area (Å²) in [4.78, 5) is 12.0. The Morgan fingerprint density at radius 2 is 2.20 bits per heavy atom. The van der Waals surface area contributed by atoms with Gasteiger partial charge < -0.3 is 15.2 Å². The van der Waals surface area contributed by atoms with Crippen molar-refractivity contribution in [3.8, 4) is 0 Å². The molecule has 2 heterocycles. The number of imidazole rings is 1. The lowest BCUT2D eigenvalue weighted by molar-refractivity contribution is -0.140. The summed E-state index contributed by atoms with van der Waals surface area (Å²) in [5.74, 6) is 0.653. The number of hydrogen-bond acceptors (Lipinski definition) is 4. The minimum Gasteiger partial charge on any atom is -0.357 e. The Labute approximate surface area is 148 Å². The standard InChI is InChI=1S/C15H21F3N6S/c1-2-20-14(21-5-3-8-24-9-7-19-11-24)22-6-4-13-23-12(10-25-13)15(16,17)18/h7,9-11H,2-6,8H2,1H3,(H2,20,21,22). The van der Waals surface area contributed by atoms with Gasteiger partial charge >= 0.3 is 6.18 Å². The van der Waals surface area contributed by atoms with Crippen molar-refractivity contribution >= 4 is 17.3 Å². The van der Waals surface area contributed by atoms with Crippen molar-refractivity contribution in [3.05, 3.63) is 34.8 Å². The maximum Gasteiger partial charge on any atom is 0.434 e. The van der Waals surface area contributed by atoms with E-state index in [2.05, 4.69) is 25.6 Å². The first-order valence-electron chi connectivity index (χ1n) is 7.98. The number of nitrogens with one attached hydrogen (secondary N) is 2. The van der Waals surface area contributed by atoms with Crippen LogP contribution in [0.2, 0.25) is 0 Å². The molecule has 10 heteroatoms. The van der Waals surface area contributed by atoms with E-state index in [1.807, 2.05) is 17.7 Å². The Morgan fingerprint density at radius 1 is 1.36 bits per heavy atom. The Bertz CT molecular complexity index is 651. The van der Waals surface area contributed by atoms with E-state index in [4.69, 9.17) is 0 Å². The van der Waals surface area contributed by atoms with Crippen LogP contribution in [-0.4, -0.2) is 40.1 Å². The van der Waals surface area contributed by atoms with Gasteiger partial charge in [0.2, 0.25) is 0 Å². The molecule has 0 aliphatic rings. The second-order valence-electron chi connectivity index (χ2n) is 5.22. The van der Waals surface area contributed by atoms with Crippen LogP contribution in [0.15, 0.2) is 29.1 Å². The van der Waals surface area contributed by atoms with Gasteiger partial charge in [-0.15, -0.1) is 11.3 Å². The Morgan fingerprint density at radius 3 is 2.84 bits per heavy atom. The molecule has 0 aliphatic heterocycles. The van der Waals surface area contributed by atoms with E-state index in [9.17, 15) is 13.2 Å². The Kier molecular flexibility index (Phi) is 7.23.